The molecule has 0 spiro atoms. The number of carbonyl (C=O) groups is 4. The normalized spacial score (nSPS) is 19.0. The van der Waals surface area contributed by atoms with Crippen molar-refractivity contribution in [2.75, 3.05) is 16.3 Å². The highest BCUT2D eigenvalue weighted by atomic mass is 16.5. The molecule has 0 unspecified atom stereocenters. The lowest BCUT2D eigenvalue weighted by atomic mass is 10.1. The summed E-state index contributed by atoms with van der Waals surface area (Å²) in [7, 11) is 0. The van der Waals surface area contributed by atoms with Gasteiger partial charge in [-0.1, -0.05) is 18.2 Å². The maximum absolute atomic E-state index is 12.7. The van der Waals surface area contributed by atoms with Crippen molar-refractivity contribution in [2.45, 2.75) is 33.1 Å². The fraction of sp³-hybridized carbons (Fsp3) is 0.304. The van der Waals surface area contributed by atoms with E-state index in [9.17, 15) is 19.2 Å². The number of rotatable bonds is 4. The number of para-hydroxylation sites is 1. The standard InChI is InChI=1S/C23H22N2O5/c1-14-5-3-4-6-18(14)24-13-16(12-22(24)28)23(29)30-17-7-8-19(15(2)11-17)25-20(26)9-10-21(25)27/h3-8,11,16H,9-10,12-13H2,1-2H3/t16-/m1/s1. The van der Waals surface area contributed by atoms with Crippen LogP contribution in [-0.4, -0.2) is 30.2 Å². The Hall–Kier alpha value is -3.48. The Morgan fingerprint density at radius 2 is 1.60 bits per heavy atom. The number of carbonyl (C=O) groups excluding carboxylic acids is 4. The Labute approximate surface area is 174 Å². The Morgan fingerprint density at radius 3 is 2.27 bits per heavy atom. The van der Waals surface area contributed by atoms with Crippen LogP contribution in [0.25, 0.3) is 0 Å². The fourth-order valence-corrected chi connectivity index (χ4v) is 3.95. The Morgan fingerprint density at radius 1 is 0.900 bits per heavy atom. The molecule has 0 aromatic heterocycles. The molecule has 0 N–H and O–H groups in total. The van der Waals surface area contributed by atoms with Gasteiger partial charge in [0.1, 0.15) is 5.75 Å². The number of imide groups is 1. The van der Waals surface area contributed by atoms with E-state index in [2.05, 4.69) is 0 Å². The van der Waals surface area contributed by atoms with Crippen molar-refractivity contribution in [1.29, 1.82) is 0 Å². The predicted molar refractivity (Wildman–Crippen MR) is 110 cm³/mol. The minimum absolute atomic E-state index is 0.0982. The molecule has 0 radical (unpaired) electrons. The van der Waals surface area contributed by atoms with E-state index in [4.69, 9.17) is 4.74 Å². The Kier molecular flexibility index (Phi) is 5.11. The molecule has 7 nitrogen and oxygen atoms in total. The number of hydrogen-bond donors (Lipinski definition) is 0. The van der Waals surface area contributed by atoms with Gasteiger partial charge in [0.05, 0.1) is 11.6 Å². The first-order valence-electron chi connectivity index (χ1n) is 9.89. The third kappa shape index (κ3) is 3.58. The third-order valence-corrected chi connectivity index (χ3v) is 5.54. The summed E-state index contributed by atoms with van der Waals surface area (Å²) in [4.78, 5) is 51.8. The van der Waals surface area contributed by atoms with E-state index in [1.165, 1.54) is 4.90 Å². The molecule has 7 heteroatoms. The number of aryl methyl sites for hydroxylation is 2. The average Bonchev–Trinajstić information content (AvgIpc) is 3.25. The second-order valence-electron chi connectivity index (χ2n) is 7.68. The van der Waals surface area contributed by atoms with E-state index in [1.54, 1.807) is 30.0 Å². The van der Waals surface area contributed by atoms with Gasteiger partial charge in [0.25, 0.3) is 0 Å². The van der Waals surface area contributed by atoms with Crippen molar-refractivity contribution in [3.05, 3.63) is 53.6 Å². The molecule has 2 aliphatic heterocycles. The maximum Gasteiger partial charge on any atom is 0.316 e. The number of anilines is 2. The number of hydrogen-bond acceptors (Lipinski definition) is 5. The summed E-state index contributed by atoms with van der Waals surface area (Å²) in [6.45, 7) is 3.95. The highest BCUT2D eigenvalue weighted by Gasteiger charge is 2.37. The zero-order valence-electron chi connectivity index (χ0n) is 16.9. The van der Waals surface area contributed by atoms with Crippen molar-refractivity contribution in [3.8, 4) is 5.75 Å². The highest BCUT2D eigenvalue weighted by Crippen LogP contribution is 2.31. The molecule has 0 bridgehead atoms. The summed E-state index contributed by atoms with van der Waals surface area (Å²) >= 11 is 0. The number of benzene rings is 2. The van der Waals surface area contributed by atoms with Crippen LogP contribution >= 0.6 is 0 Å². The van der Waals surface area contributed by atoms with Gasteiger partial charge >= 0.3 is 5.97 Å². The molecule has 0 saturated carbocycles. The van der Waals surface area contributed by atoms with E-state index in [1.807, 2.05) is 31.2 Å². The van der Waals surface area contributed by atoms with Gasteiger partial charge in [-0.2, -0.15) is 0 Å². The van der Waals surface area contributed by atoms with Crippen LogP contribution in [0.5, 0.6) is 5.75 Å². The zero-order chi connectivity index (χ0) is 21.4. The largest absolute Gasteiger partial charge is 0.426 e. The molecule has 2 aliphatic rings. The van der Waals surface area contributed by atoms with Gasteiger partial charge in [0.15, 0.2) is 0 Å². The second kappa shape index (κ2) is 7.74. The molecule has 2 heterocycles. The summed E-state index contributed by atoms with van der Waals surface area (Å²) < 4.78 is 5.51. The molecule has 154 valence electrons. The maximum atomic E-state index is 12.7. The Bertz CT molecular complexity index is 1050. The van der Waals surface area contributed by atoms with Crippen molar-refractivity contribution in [3.63, 3.8) is 0 Å². The highest BCUT2D eigenvalue weighted by molar-refractivity contribution is 6.20. The smallest absolute Gasteiger partial charge is 0.316 e. The van der Waals surface area contributed by atoms with Crippen LogP contribution in [0.2, 0.25) is 0 Å². The lowest BCUT2D eigenvalue weighted by Gasteiger charge is -2.19. The molecule has 2 aromatic rings. The van der Waals surface area contributed by atoms with Gasteiger partial charge < -0.3 is 9.64 Å². The van der Waals surface area contributed by atoms with E-state index in [0.29, 0.717) is 17.0 Å². The summed E-state index contributed by atoms with van der Waals surface area (Å²) in [5.74, 6) is -1.27. The van der Waals surface area contributed by atoms with Crippen LogP contribution < -0.4 is 14.5 Å². The summed E-state index contributed by atoms with van der Waals surface area (Å²) in [6.07, 6.45) is 0.519. The van der Waals surface area contributed by atoms with E-state index < -0.39 is 11.9 Å². The zero-order valence-corrected chi connectivity index (χ0v) is 16.9. The lowest BCUT2D eigenvalue weighted by molar-refractivity contribution is -0.139. The Balaban J connectivity index is 1.46. The van der Waals surface area contributed by atoms with Crippen molar-refractivity contribution >= 4 is 35.1 Å². The topological polar surface area (TPSA) is 84.0 Å². The fourth-order valence-electron chi connectivity index (χ4n) is 3.95. The molecule has 2 aromatic carbocycles. The molecular formula is C23H22N2O5. The van der Waals surface area contributed by atoms with Crippen LogP contribution in [0.1, 0.15) is 30.4 Å². The van der Waals surface area contributed by atoms with Gasteiger partial charge in [0, 0.05) is 31.5 Å². The second-order valence-corrected chi connectivity index (χ2v) is 7.68. The minimum Gasteiger partial charge on any atom is -0.426 e. The number of esters is 1. The third-order valence-electron chi connectivity index (χ3n) is 5.54. The molecular weight excluding hydrogens is 384 g/mol. The van der Waals surface area contributed by atoms with Gasteiger partial charge in [-0.25, -0.2) is 0 Å². The molecule has 4 rings (SSSR count). The van der Waals surface area contributed by atoms with Crippen LogP contribution in [0.4, 0.5) is 11.4 Å². The number of amides is 3. The molecule has 30 heavy (non-hydrogen) atoms. The number of nitrogens with zero attached hydrogens (tertiary/aromatic N) is 2. The molecule has 2 fully saturated rings. The molecule has 1 atom stereocenters. The lowest BCUT2D eigenvalue weighted by Crippen LogP contribution is -2.29. The predicted octanol–water partition coefficient (Wildman–Crippen LogP) is 2.92. The van der Waals surface area contributed by atoms with Crippen LogP contribution in [0.3, 0.4) is 0 Å². The van der Waals surface area contributed by atoms with Gasteiger partial charge in [-0.05, 0) is 49.2 Å². The van der Waals surface area contributed by atoms with Gasteiger partial charge in [-0.15, -0.1) is 0 Å². The van der Waals surface area contributed by atoms with Crippen molar-refractivity contribution in [2.24, 2.45) is 5.92 Å². The number of ether oxygens (including phenoxy) is 1. The van der Waals surface area contributed by atoms with Crippen LogP contribution in [0.15, 0.2) is 42.5 Å². The average molecular weight is 406 g/mol. The summed E-state index contributed by atoms with van der Waals surface area (Å²) in [5.41, 5.74) is 2.94. The van der Waals surface area contributed by atoms with Crippen LogP contribution in [-0.2, 0) is 19.2 Å². The first-order chi connectivity index (χ1) is 14.3. The monoisotopic (exact) mass is 406 g/mol. The van der Waals surface area contributed by atoms with Crippen LogP contribution in [0, 0.1) is 19.8 Å². The SMILES string of the molecule is Cc1ccccc1N1C[C@H](C(=O)Oc2ccc(N3C(=O)CCC3=O)c(C)c2)CC1=O. The van der Waals surface area contributed by atoms with E-state index in [-0.39, 0.29) is 43.5 Å². The summed E-state index contributed by atoms with van der Waals surface area (Å²) in [5, 5.41) is 0. The molecule has 0 aliphatic carbocycles. The first-order valence-corrected chi connectivity index (χ1v) is 9.89. The van der Waals surface area contributed by atoms with Crippen molar-refractivity contribution < 1.29 is 23.9 Å². The van der Waals surface area contributed by atoms with E-state index in [0.717, 1.165) is 11.3 Å². The molecule has 2 saturated heterocycles. The minimum atomic E-state index is -0.557. The van der Waals surface area contributed by atoms with Crippen molar-refractivity contribution in [1.82, 2.24) is 0 Å². The van der Waals surface area contributed by atoms with Gasteiger partial charge in [0.2, 0.25) is 17.7 Å². The quantitative estimate of drug-likeness (QED) is 0.443. The van der Waals surface area contributed by atoms with Gasteiger partial charge in [-0.3, -0.25) is 24.1 Å². The summed E-state index contributed by atoms with van der Waals surface area (Å²) in [6, 6.07) is 12.4. The molecule has 3 amide bonds. The first kappa shape index (κ1) is 19.8. The van der Waals surface area contributed by atoms with E-state index >= 15 is 0 Å².